The van der Waals surface area contributed by atoms with E-state index in [1.54, 1.807) is 24.3 Å². The summed E-state index contributed by atoms with van der Waals surface area (Å²) in [7, 11) is 2.88. The zero-order valence-electron chi connectivity index (χ0n) is 52.1. The summed E-state index contributed by atoms with van der Waals surface area (Å²) in [5, 5.41) is 2.75. The standard InChI is InChI=1S/C67H106N2O13S2/c1-6-10-12-14-16-18-20-22-24-26-28-30-32-34-36-38-61(70)80-58-42-40-57(41-43-58)54-63(72)78-55-67(5,64(73)76-50-52-83-84-53-51-77-65(74)68-48-49-69(8-3)9-4)56-79-66(75)82-60-46-44-59(45-47-60)81-62(71)39-37-35-33-31-29-27-25-23-21-19-17-15-13-11-7-2/h22-25,40-47H,6-21,26-39,48-56H2,1-5H3,(H,68,74)/b24-22-,25-23-. The summed E-state index contributed by atoms with van der Waals surface area (Å²) in [6.45, 7) is 12.3. The van der Waals surface area contributed by atoms with Gasteiger partial charge in [0.25, 0.3) is 0 Å². The molecule has 0 aliphatic heterocycles. The maximum Gasteiger partial charge on any atom is 0.513 e. The predicted octanol–water partition coefficient (Wildman–Crippen LogP) is 16.9. The number of benzene rings is 2. The second-order valence-corrected chi connectivity index (χ2v) is 24.3. The Morgan fingerprint density at radius 2 is 0.881 bits per heavy atom. The number of carbonyl (C=O) groups excluding carboxylic acids is 6. The number of rotatable bonds is 52. The second-order valence-electron chi connectivity index (χ2n) is 21.6. The van der Waals surface area contributed by atoms with Gasteiger partial charge in [-0.15, -0.1) is 0 Å². The summed E-state index contributed by atoms with van der Waals surface area (Å²) >= 11 is 0. The molecule has 2 aromatic rings. The number of allylic oxidation sites excluding steroid dienone is 4. The maximum atomic E-state index is 13.6. The van der Waals surface area contributed by atoms with E-state index >= 15 is 0 Å². The molecule has 0 aliphatic carbocycles. The highest BCUT2D eigenvalue weighted by Crippen LogP contribution is 2.26. The van der Waals surface area contributed by atoms with E-state index in [1.165, 1.54) is 143 Å². The monoisotopic (exact) mass is 1210 g/mol. The molecule has 0 heterocycles. The van der Waals surface area contributed by atoms with Gasteiger partial charge < -0.3 is 43.4 Å². The van der Waals surface area contributed by atoms with Gasteiger partial charge >= 0.3 is 36.1 Å². The molecule has 1 N–H and O–H groups in total. The van der Waals surface area contributed by atoms with Crippen molar-refractivity contribution < 1.29 is 61.9 Å². The van der Waals surface area contributed by atoms with Crippen LogP contribution in [-0.4, -0.2) is 105 Å². The molecule has 0 aromatic heterocycles. The molecular formula is C67H106N2O13S2. The van der Waals surface area contributed by atoms with Crippen LogP contribution in [0.4, 0.5) is 9.59 Å². The highest BCUT2D eigenvalue weighted by atomic mass is 33.1. The Kier molecular flexibility index (Phi) is 45.8. The average Bonchev–Trinajstić information content (AvgIpc) is 3.60. The van der Waals surface area contributed by atoms with E-state index in [9.17, 15) is 28.8 Å². The van der Waals surface area contributed by atoms with E-state index in [4.69, 9.17) is 33.2 Å². The van der Waals surface area contributed by atoms with Crippen molar-refractivity contribution in [3.63, 3.8) is 0 Å². The first-order valence-electron chi connectivity index (χ1n) is 31.9. The van der Waals surface area contributed by atoms with Crippen LogP contribution in [0.25, 0.3) is 0 Å². The molecule has 0 bridgehead atoms. The molecule has 0 aliphatic rings. The number of esters is 4. The fourth-order valence-corrected chi connectivity index (χ4v) is 10.4. The average molecular weight is 1210 g/mol. The lowest BCUT2D eigenvalue weighted by Crippen LogP contribution is -2.41. The van der Waals surface area contributed by atoms with Gasteiger partial charge in [0.05, 0.1) is 6.42 Å². The van der Waals surface area contributed by atoms with Gasteiger partial charge in [-0.05, 0) is 126 Å². The molecule has 1 unspecified atom stereocenters. The quantitative estimate of drug-likeness (QED) is 0.0125. The van der Waals surface area contributed by atoms with E-state index in [2.05, 4.69) is 62.2 Å². The summed E-state index contributed by atoms with van der Waals surface area (Å²) in [5.74, 6) is -0.352. The van der Waals surface area contributed by atoms with Crippen molar-refractivity contribution in [2.45, 2.75) is 221 Å². The molecule has 0 fully saturated rings. The lowest BCUT2D eigenvalue weighted by Gasteiger charge is -2.26. The first kappa shape index (κ1) is 75.1. The number of nitrogens with zero attached hydrogens (tertiary/aromatic N) is 1. The van der Waals surface area contributed by atoms with Crippen LogP contribution in [-0.2, 0) is 44.5 Å². The van der Waals surface area contributed by atoms with Crippen molar-refractivity contribution in [2.75, 3.05) is 64.1 Å². The minimum Gasteiger partial charge on any atom is -0.464 e. The summed E-state index contributed by atoms with van der Waals surface area (Å²) in [5.41, 5.74) is -1.03. The van der Waals surface area contributed by atoms with Crippen molar-refractivity contribution in [1.82, 2.24) is 10.2 Å². The Labute approximate surface area is 513 Å². The second kappa shape index (κ2) is 51.2. The number of carbonyl (C=O) groups is 6. The molecule has 0 radical (unpaired) electrons. The number of amides is 1. The van der Waals surface area contributed by atoms with Crippen molar-refractivity contribution >= 4 is 57.7 Å². The minimum atomic E-state index is -1.62. The van der Waals surface area contributed by atoms with Crippen LogP contribution < -0.4 is 19.5 Å². The third-order valence-electron chi connectivity index (χ3n) is 14.1. The molecule has 0 saturated heterocycles. The van der Waals surface area contributed by atoms with Gasteiger partial charge in [-0.25, -0.2) is 9.59 Å². The Bertz CT molecular complexity index is 1980. The van der Waals surface area contributed by atoms with Crippen LogP contribution in [0.1, 0.15) is 220 Å². The topological polar surface area (TPSA) is 182 Å². The number of ether oxygens (including phenoxy) is 7. The van der Waals surface area contributed by atoms with E-state index in [1.807, 2.05) is 0 Å². The fourth-order valence-electron chi connectivity index (χ4n) is 8.79. The first-order valence-corrected chi connectivity index (χ1v) is 34.3. The SMILES string of the molecule is CCCCCCCC/C=C\CCCCCCCC(=O)Oc1ccc(CC(=O)OCC(C)(COC(=O)Oc2ccc(OC(=O)CCCCCCC/C=C\CCCCCCCC)cc2)C(=O)OCCSSCCOC(=O)NCCN(CC)CC)cc1. The first-order chi connectivity index (χ1) is 40.9. The van der Waals surface area contributed by atoms with E-state index < -0.39 is 42.8 Å². The van der Waals surface area contributed by atoms with Gasteiger partial charge in [-0.3, -0.25) is 19.2 Å². The molecule has 84 heavy (non-hydrogen) atoms. The van der Waals surface area contributed by atoms with Crippen LogP contribution in [0.15, 0.2) is 72.8 Å². The molecule has 474 valence electrons. The molecular weight excluding hydrogens is 1100 g/mol. The Balaban J connectivity index is 1.81. The minimum absolute atomic E-state index is 0.00000862. The predicted molar refractivity (Wildman–Crippen MR) is 341 cm³/mol. The summed E-state index contributed by atoms with van der Waals surface area (Å²) in [6, 6.07) is 12.5. The number of alkyl carbamates (subject to hydrolysis) is 1. The smallest absolute Gasteiger partial charge is 0.464 e. The van der Waals surface area contributed by atoms with E-state index in [-0.39, 0.29) is 37.3 Å². The number of nitrogens with one attached hydrogen (secondary N) is 1. The Morgan fingerprint density at radius 1 is 0.476 bits per heavy atom. The van der Waals surface area contributed by atoms with Crippen LogP contribution in [0, 0.1) is 5.41 Å². The molecule has 1 atom stereocenters. The molecule has 1 amide bonds. The Morgan fingerprint density at radius 3 is 1.35 bits per heavy atom. The Hall–Kier alpha value is -5.00. The van der Waals surface area contributed by atoms with Crippen LogP contribution in [0.3, 0.4) is 0 Å². The molecule has 0 saturated carbocycles. The normalized spacial score (nSPS) is 12.1. The lowest BCUT2D eigenvalue weighted by molar-refractivity contribution is -0.165. The summed E-state index contributed by atoms with van der Waals surface area (Å²) in [6.07, 6.45) is 38.7. The van der Waals surface area contributed by atoms with Crippen LogP contribution >= 0.6 is 21.6 Å². The number of hydrogen-bond acceptors (Lipinski definition) is 16. The number of likely N-dealkylation sites (N-methyl/N-ethyl adjacent to an activating group) is 1. The fraction of sp³-hybridized carbons (Fsp3) is 0.672. The molecule has 0 spiro atoms. The largest absolute Gasteiger partial charge is 0.513 e. The maximum absolute atomic E-state index is 13.6. The third-order valence-corrected chi connectivity index (χ3v) is 16.4. The van der Waals surface area contributed by atoms with Crippen LogP contribution in [0.5, 0.6) is 17.2 Å². The van der Waals surface area contributed by atoms with Crippen molar-refractivity contribution in [2.24, 2.45) is 5.41 Å². The summed E-state index contributed by atoms with van der Waals surface area (Å²) in [4.78, 5) is 79.1. The van der Waals surface area contributed by atoms with Crippen molar-refractivity contribution in [1.29, 1.82) is 0 Å². The molecule has 15 nitrogen and oxygen atoms in total. The van der Waals surface area contributed by atoms with E-state index in [0.29, 0.717) is 48.0 Å². The third kappa shape index (κ3) is 41.1. The highest BCUT2D eigenvalue weighted by Gasteiger charge is 2.39. The van der Waals surface area contributed by atoms with Gasteiger partial charge in [0.1, 0.15) is 49.1 Å². The van der Waals surface area contributed by atoms with E-state index in [0.717, 1.165) is 96.7 Å². The van der Waals surface area contributed by atoms with Gasteiger partial charge in [0.2, 0.25) is 0 Å². The number of unbranched alkanes of at least 4 members (excludes halogenated alkanes) is 22. The summed E-state index contributed by atoms with van der Waals surface area (Å²) < 4.78 is 38.2. The lowest BCUT2D eigenvalue weighted by atomic mass is 9.93. The zero-order valence-corrected chi connectivity index (χ0v) is 53.7. The van der Waals surface area contributed by atoms with Gasteiger partial charge in [0.15, 0.2) is 0 Å². The highest BCUT2D eigenvalue weighted by molar-refractivity contribution is 8.76. The van der Waals surface area contributed by atoms with Crippen molar-refractivity contribution in [3.8, 4) is 17.2 Å². The molecule has 2 rings (SSSR count). The molecule has 17 heteroatoms. The van der Waals surface area contributed by atoms with Crippen molar-refractivity contribution in [3.05, 3.63) is 78.4 Å². The van der Waals surface area contributed by atoms with Gasteiger partial charge in [-0.1, -0.05) is 188 Å². The van der Waals surface area contributed by atoms with Gasteiger partial charge in [-0.2, -0.15) is 0 Å². The van der Waals surface area contributed by atoms with Gasteiger partial charge in [0, 0.05) is 37.4 Å². The zero-order chi connectivity index (χ0) is 61.0. The number of hydrogen-bond donors (Lipinski definition) is 1. The van der Waals surface area contributed by atoms with Crippen LogP contribution in [0.2, 0.25) is 0 Å². The molecule has 2 aromatic carbocycles.